The number of benzene rings is 1. The Bertz CT molecular complexity index is 266. The first-order chi connectivity index (χ1) is 5.25. The van der Waals surface area contributed by atoms with E-state index in [1.807, 2.05) is 18.2 Å². The molecule has 0 fully saturated rings. The molecule has 2 nitrogen and oxygen atoms in total. The summed E-state index contributed by atoms with van der Waals surface area (Å²) in [5.74, 6) is 5.04. The number of nitrogens with two attached hydrogens (primary N) is 1. The minimum absolute atomic E-state index is 1.01. The molecule has 0 unspecified atom stereocenters. The van der Waals surface area contributed by atoms with Gasteiger partial charge in [0.2, 0.25) is 0 Å². The lowest BCUT2D eigenvalue weighted by molar-refractivity contribution is 1.26. The van der Waals surface area contributed by atoms with E-state index in [1.165, 1.54) is 0 Å². The van der Waals surface area contributed by atoms with E-state index in [0.717, 1.165) is 13.6 Å². The normalized spacial score (nSPS) is 10.7. The maximum absolute atomic E-state index is 5.04. The van der Waals surface area contributed by atoms with Crippen LogP contribution in [0.4, 0.5) is 0 Å². The molecule has 0 spiro atoms. The monoisotopic (exact) mass is 324 g/mol. The van der Waals surface area contributed by atoms with Crippen molar-refractivity contribution in [1.82, 2.24) is 0 Å². The van der Waals surface area contributed by atoms with Gasteiger partial charge in [-0.15, -0.1) is 0 Å². The molecule has 11 heavy (non-hydrogen) atoms. The summed E-state index contributed by atoms with van der Waals surface area (Å²) in [5.41, 5.74) is 1.02. The Morgan fingerprint density at radius 3 is 2.82 bits per heavy atom. The van der Waals surface area contributed by atoms with Gasteiger partial charge in [0.25, 0.3) is 0 Å². The topological polar surface area (TPSA) is 38.4 Å². The predicted octanol–water partition coefficient (Wildman–Crippen LogP) is 2.35. The highest BCUT2D eigenvalue weighted by Gasteiger charge is 1.99. The molecule has 0 saturated carbocycles. The van der Waals surface area contributed by atoms with Crippen molar-refractivity contribution in [1.29, 1.82) is 0 Å². The maximum atomic E-state index is 5.04. The van der Waals surface area contributed by atoms with Crippen LogP contribution in [0.25, 0.3) is 0 Å². The highest BCUT2D eigenvalue weighted by atomic mass is 127. The van der Waals surface area contributed by atoms with E-state index in [2.05, 4.69) is 43.6 Å². The van der Waals surface area contributed by atoms with Gasteiger partial charge in [-0.05, 0) is 34.7 Å². The molecular weight excluding hydrogens is 319 g/mol. The van der Waals surface area contributed by atoms with Crippen molar-refractivity contribution in [3.8, 4) is 0 Å². The molecule has 1 aromatic carbocycles. The molecule has 58 valence electrons. The smallest absolute Gasteiger partial charge is 0.0560 e. The Hall–Kier alpha value is -0.100. The van der Waals surface area contributed by atoms with Gasteiger partial charge < -0.3 is 5.84 Å². The van der Waals surface area contributed by atoms with Gasteiger partial charge in [-0.25, -0.2) is 0 Å². The number of halogens is 2. The van der Waals surface area contributed by atoms with Crippen LogP contribution in [0.2, 0.25) is 0 Å². The quantitative estimate of drug-likeness (QED) is 0.366. The second kappa shape index (κ2) is 4.06. The highest BCUT2D eigenvalue weighted by molar-refractivity contribution is 14.1. The van der Waals surface area contributed by atoms with Crippen LogP contribution in [0.5, 0.6) is 0 Å². The van der Waals surface area contributed by atoms with Crippen molar-refractivity contribution >= 4 is 44.7 Å². The molecule has 0 aromatic heterocycles. The van der Waals surface area contributed by atoms with Gasteiger partial charge in [0.05, 0.1) is 6.21 Å². The molecule has 1 rings (SSSR count). The molecule has 0 atom stereocenters. The lowest BCUT2D eigenvalue weighted by Crippen LogP contribution is -1.91. The fraction of sp³-hybridized carbons (Fsp3) is 0. The largest absolute Gasteiger partial charge is 0.323 e. The van der Waals surface area contributed by atoms with E-state index in [4.69, 9.17) is 5.84 Å². The van der Waals surface area contributed by atoms with Crippen LogP contribution in [-0.2, 0) is 0 Å². The highest BCUT2D eigenvalue weighted by Crippen LogP contribution is 2.19. The lowest BCUT2D eigenvalue weighted by atomic mass is 10.2. The molecule has 0 amide bonds. The van der Waals surface area contributed by atoms with E-state index in [-0.39, 0.29) is 0 Å². The van der Waals surface area contributed by atoms with Crippen molar-refractivity contribution in [3.63, 3.8) is 0 Å². The summed E-state index contributed by atoms with van der Waals surface area (Å²) in [6.45, 7) is 0. The average Bonchev–Trinajstić information content (AvgIpc) is 1.97. The Kier molecular flexibility index (Phi) is 3.32. The van der Waals surface area contributed by atoms with E-state index in [1.54, 1.807) is 6.21 Å². The first-order valence-electron chi connectivity index (χ1n) is 2.93. The SMILES string of the molecule is NN=Cc1c(Br)cccc1I. The van der Waals surface area contributed by atoms with Crippen molar-refractivity contribution in [3.05, 3.63) is 31.8 Å². The molecule has 0 heterocycles. The van der Waals surface area contributed by atoms with Crippen LogP contribution in [0, 0.1) is 3.57 Å². The minimum atomic E-state index is 1.01. The standard InChI is InChI=1S/C7H6BrIN2/c8-6-2-1-3-7(9)5(6)4-11-10/h1-4H,10H2. The predicted molar refractivity (Wildman–Crippen MR) is 58.6 cm³/mol. The van der Waals surface area contributed by atoms with Crippen LogP contribution in [0.1, 0.15) is 5.56 Å². The summed E-state index contributed by atoms with van der Waals surface area (Å²) < 4.78 is 2.14. The fourth-order valence-electron chi connectivity index (χ4n) is 0.709. The molecule has 1 aromatic rings. The number of rotatable bonds is 1. The van der Waals surface area contributed by atoms with Crippen molar-refractivity contribution in [2.24, 2.45) is 10.9 Å². The lowest BCUT2D eigenvalue weighted by Gasteiger charge is -1.98. The van der Waals surface area contributed by atoms with E-state index < -0.39 is 0 Å². The van der Waals surface area contributed by atoms with Gasteiger partial charge in [0.1, 0.15) is 0 Å². The second-order valence-corrected chi connectivity index (χ2v) is 3.93. The molecule has 0 aliphatic rings. The van der Waals surface area contributed by atoms with Gasteiger partial charge in [-0.2, -0.15) is 5.10 Å². The zero-order valence-corrected chi connectivity index (χ0v) is 9.33. The Balaban J connectivity index is 3.20. The fourth-order valence-corrected chi connectivity index (χ4v) is 2.19. The second-order valence-electron chi connectivity index (χ2n) is 1.91. The summed E-state index contributed by atoms with van der Waals surface area (Å²) >= 11 is 5.63. The summed E-state index contributed by atoms with van der Waals surface area (Å²) in [6.07, 6.45) is 1.63. The number of nitrogens with zero attached hydrogens (tertiary/aromatic N) is 1. The molecular formula is C7H6BrIN2. The minimum Gasteiger partial charge on any atom is -0.323 e. The van der Waals surface area contributed by atoms with Gasteiger partial charge in [0, 0.05) is 13.6 Å². The Labute approximate surface area is 87.1 Å². The number of hydrogen-bond acceptors (Lipinski definition) is 2. The van der Waals surface area contributed by atoms with Crippen LogP contribution >= 0.6 is 38.5 Å². The van der Waals surface area contributed by atoms with Gasteiger partial charge in [0.15, 0.2) is 0 Å². The summed E-state index contributed by atoms with van der Waals surface area (Å²) in [4.78, 5) is 0. The maximum Gasteiger partial charge on any atom is 0.0560 e. The summed E-state index contributed by atoms with van der Waals surface area (Å²) in [5, 5.41) is 3.47. The molecule has 0 saturated heterocycles. The van der Waals surface area contributed by atoms with Crippen molar-refractivity contribution in [2.75, 3.05) is 0 Å². The molecule has 4 heteroatoms. The van der Waals surface area contributed by atoms with Crippen molar-refractivity contribution in [2.45, 2.75) is 0 Å². The molecule has 0 bridgehead atoms. The zero-order chi connectivity index (χ0) is 8.27. The van der Waals surface area contributed by atoms with Gasteiger partial charge >= 0.3 is 0 Å². The third-order valence-corrected chi connectivity index (χ3v) is 2.84. The van der Waals surface area contributed by atoms with Crippen LogP contribution in [0.15, 0.2) is 27.8 Å². The molecule has 0 aliphatic carbocycles. The Morgan fingerprint density at radius 1 is 1.55 bits per heavy atom. The average molecular weight is 325 g/mol. The number of hydrazone groups is 1. The first-order valence-corrected chi connectivity index (χ1v) is 4.80. The van der Waals surface area contributed by atoms with Gasteiger partial charge in [-0.1, -0.05) is 22.0 Å². The third kappa shape index (κ3) is 2.16. The third-order valence-electron chi connectivity index (χ3n) is 1.20. The first kappa shape index (κ1) is 8.99. The van der Waals surface area contributed by atoms with Crippen LogP contribution < -0.4 is 5.84 Å². The van der Waals surface area contributed by atoms with Crippen molar-refractivity contribution < 1.29 is 0 Å². The summed E-state index contributed by atoms with van der Waals surface area (Å²) in [6, 6.07) is 5.93. The molecule has 0 radical (unpaired) electrons. The van der Waals surface area contributed by atoms with E-state index in [9.17, 15) is 0 Å². The van der Waals surface area contributed by atoms with Gasteiger partial charge in [-0.3, -0.25) is 0 Å². The molecule has 2 N–H and O–H groups in total. The van der Waals surface area contributed by atoms with Crippen LogP contribution in [-0.4, -0.2) is 6.21 Å². The zero-order valence-electron chi connectivity index (χ0n) is 5.59. The van der Waals surface area contributed by atoms with E-state index in [0.29, 0.717) is 0 Å². The summed E-state index contributed by atoms with van der Waals surface area (Å²) in [7, 11) is 0. The molecule has 0 aliphatic heterocycles. The number of hydrogen-bond donors (Lipinski definition) is 1. The Morgan fingerprint density at radius 2 is 2.27 bits per heavy atom. The van der Waals surface area contributed by atoms with E-state index >= 15 is 0 Å². The van der Waals surface area contributed by atoms with Crippen LogP contribution in [0.3, 0.4) is 0 Å².